The molecule has 234 valence electrons. The monoisotopic (exact) mass is 634 g/mol. The maximum absolute atomic E-state index is 13.3. The summed E-state index contributed by atoms with van der Waals surface area (Å²) in [5.74, 6) is 1.06. The number of amidine groups is 1. The van der Waals surface area contributed by atoms with E-state index in [1.54, 1.807) is 11.8 Å². The number of hydrogen-bond acceptors (Lipinski definition) is 5. The average Bonchev–Trinajstić information content (AvgIpc) is 3.57. The summed E-state index contributed by atoms with van der Waals surface area (Å²) in [6.45, 7) is 8.48. The van der Waals surface area contributed by atoms with E-state index >= 15 is 0 Å². The first-order chi connectivity index (χ1) is 21.4. The van der Waals surface area contributed by atoms with Gasteiger partial charge in [0.05, 0.1) is 11.2 Å². The highest BCUT2D eigenvalue weighted by atomic mass is 32.2. The van der Waals surface area contributed by atoms with Gasteiger partial charge in [0.25, 0.3) is 0 Å². The van der Waals surface area contributed by atoms with Gasteiger partial charge in [-0.05, 0) is 87.9 Å². The zero-order valence-corrected chi connectivity index (χ0v) is 26.2. The number of carbonyl (C=O) groups is 1. The number of carbonyl (C=O) groups excluding carboxylic acids is 1. The van der Waals surface area contributed by atoms with Crippen molar-refractivity contribution >= 4 is 28.6 Å². The first-order valence-corrected chi connectivity index (χ1v) is 15.7. The van der Waals surface area contributed by atoms with Gasteiger partial charge in [-0.2, -0.15) is 4.99 Å². The molecule has 2 fully saturated rings. The quantitative estimate of drug-likeness (QED) is 0.233. The standard InChI is InChI=1S/C33H33F3N6O2S/c1-20-17-21(2)28(22(3)18-20)42-23(4)13-16-45-31(42)38-30(43)39-32(14-15-32)25-7-5-24(6-8-25)29-37-19-41(40-29)26-9-11-27(12-10-26)44-33(34,35)36/h5-12,17-19,23H,13-16H2,1-4H3,(H,39,43)/b38-31-. The van der Waals surface area contributed by atoms with Gasteiger partial charge in [-0.1, -0.05) is 53.7 Å². The summed E-state index contributed by atoms with van der Waals surface area (Å²) < 4.78 is 42.8. The molecule has 0 spiro atoms. The highest BCUT2D eigenvalue weighted by molar-refractivity contribution is 8.14. The normalized spacial score (nSPS) is 18.6. The number of nitrogens with one attached hydrogen (secondary N) is 1. The molecule has 1 aromatic heterocycles. The molecule has 4 aromatic rings. The molecule has 1 saturated heterocycles. The second kappa shape index (κ2) is 11.9. The Bertz CT molecular complexity index is 1720. The molecule has 2 aliphatic rings. The number of benzene rings is 3. The van der Waals surface area contributed by atoms with Gasteiger partial charge in [0.1, 0.15) is 12.1 Å². The van der Waals surface area contributed by atoms with Crippen LogP contribution >= 0.6 is 11.8 Å². The lowest BCUT2D eigenvalue weighted by atomic mass is 10.0. The van der Waals surface area contributed by atoms with E-state index in [0.29, 0.717) is 11.5 Å². The molecule has 45 heavy (non-hydrogen) atoms. The van der Waals surface area contributed by atoms with Crippen molar-refractivity contribution < 1.29 is 22.7 Å². The van der Waals surface area contributed by atoms with E-state index < -0.39 is 11.9 Å². The first-order valence-electron chi connectivity index (χ1n) is 14.7. The third kappa shape index (κ3) is 6.70. The van der Waals surface area contributed by atoms with Crippen LogP contribution in [-0.4, -0.2) is 44.1 Å². The largest absolute Gasteiger partial charge is 0.573 e. The van der Waals surface area contributed by atoms with Gasteiger partial charge in [0.15, 0.2) is 11.0 Å². The zero-order valence-electron chi connectivity index (χ0n) is 25.4. The Balaban J connectivity index is 1.16. The number of alkyl halides is 3. The fourth-order valence-electron chi connectivity index (χ4n) is 5.85. The number of aryl methyl sites for hydroxylation is 3. The van der Waals surface area contributed by atoms with Crippen molar-refractivity contribution in [1.29, 1.82) is 0 Å². The molecule has 1 aliphatic heterocycles. The topological polar surface area (TPSA) is 84.6 Å². The molecule has 8 nitrogen and oxygen atoms in total. The minimum atomic E-state index is -4.75. The maximum Gasteiger partial charge on any atom is 0.573 e. The molecular weight excluding hydrogens is 601 g/mol. The number of urea groups is 1. The highest BCUT2D eigenvalue weighted by Gasteiger charge is 2.46. The van der Waals surface area contributed by atoms with Gasteiger partial charge in [-0.15, -0.1) is 18.3 Å². The van der Waals surface area contributed by atoms with Crippen LogP contribution in [0.2, 0.25) is 0 Å². The fraction of sp³-hybridized carbons (Fsp3) is 0.333. The Hall–Kier alpha value is -4.32. The van der Waals surface area contributed by atoms with Crippen LogP contribution in [0.25, 0.3) is 17.1 Å². The van der Waals surface area contributed by atoms with Crippen LogP contribution < -0.4 is 15.0 Å². The second-order valence-corrected chi connectivity index (χ2v) is 12.7. The summed E-state index contributed by atoms with van der Waals surface area (Å²) in [5.41, 5.74) is 6.47. The van der Waals surface area contributed by atoms with Crippen LogP contribution in [0.15, 0.2) is 72.0 Å². The van der Waals surface area contributed by atoms with Crippen LogP contribution in [0.4, 0.5) is 23.7 Å². The minimum Gasteiger partial charge on any atom is -0.406 e. The number of hydrogen-bond donors (Lipinski definition) is 1. The van der Waals surface area contributed by atoms with Crippen LogP contribution in [0.1, 0.15) is 48.4 Å². The van der Waals surface area contributed by atoms with Crippen molar-refractivity contribution in [2.75, 3.05) is 10.7 Å². The van der Waals surface area contributed by atoms with Crippen LogP contribution in [0.3, 0.4) is 0 Å². The van der Waals surface area contributed by atoms with E-state index in [-0.39, 0.29) is 17.8 Å². The molecule has 3 aromatic carbocycles. The second-order valence-electron chi connectivity index (χ2n) is 11.6. The van der Waals surface area contributed by atoms with Crippen molar-refractivity contribution in [1.82, 2.24) is 20.1 Å². The number of thioether (sulfide) groups is 1. The van der Waals surface area contributed by atoms with Crippen LogP contribution in [0, 0.1) is 20.8 Å². The maximum atomic E-state index is 13.3. The lowest BCUT2D eigenvalue weighted by molar-refractivity contribution is -0.274. The van der Waals surface area contributed by atoms with E-state index in [9.17, 15) is 18.0 Å². The van der Waals surface area contributed by atoms with Crippen molar-refractivity contribution in [3.63, 3.8) is 0 Å². The van der Waals surface area contributed by atoms with Gasteiger partial charge in [0.2, 0.25) is 0 Å². The number of aromatic nitrogens is 3. The summed E-state index contributed by atoms with van der Waals surface area (Å²) >= 11 is 1.61. The molecule has 2 amide bonds. The van der Waals surface area contributed by atoms with Crippen molar-refractivity contribution in [3.05, 3.63) is 89.2 Å². The molecular formula is C33H33F3N6O2S. The number of halogens is 3. The molecule has 0 bridgehead atoms. The third-order valence-electron chi connectivity index (χ3n) is 8.11. The summed E-state index contributed by atoms with van der Waals surface area (Å²) in [5, 5.41) is 8.38. The van der Waals surface area contributed by atoms with Gasteiger partial charge >= 0.3 is 12.4 Å². The first kappa shape index (κ1) is 30.7. The summed E-state index contributed by atoms with van der Waals surface area (Å²) in [7, 11) is 0. The molecule has 1 aliphatic carbocycles. The van der Waals surface area contributed by atoms with Crippen LogP contribution in [-0.2, 0) is 5.54 Å². The molecule has 1 unspecified atom stereocenters. The van der Waals surface area contributed by atoms with Crippen molar-refractivity contribution in [2.24, 2.45) is 4.99 Å². The van der Waals surface area contributed by atoms with Gasteiger partial charge in [-0.25, -0.2) is 14.5 Å². The predicted molar refractivity (Wildman–Crippen MR) is 170 cm³/mol. The summed E-state index contributed by atoms with van der Waals surface area (Å²) in [4.78, 5) is 24.5. The van der Waals surface area contributed by atoms with Gasteiger partial charge in [-0.3, -0.25) is 0 Å². The number of anilines is 1. The number of aliphatic imine (C=N–C) groups is 1. The van der Waals surface area contributed by atoms with Crippen molar-refractivity contribution in [3.8, 4) is 22.8 Å². The molecule has 1 atom stereocenters. The lowest BCUT2D eigenvalue weighted by Gasteiger charge is -2.37. The average molecular weight is 635 g/mol. The number of ether oxygens (including phenoxy) is 1. The smallest absolute Gasteiger partial charge is 0.406 e. The molecule has 6 rings (SSSR count). The van der Waals surface area contributed by atoms with E-state index in [1.807, 2.05) is 24.3 Å². The number of amides is 2. The van der Waals surface area contributed by atoms with Gasteiger partial charge in [0, 0.05) is 23.0 Å². The Kier molecular flexibility index (Phi) is 8.11. The molecule has 0 radical (unpaired) electrons. The van der Waals surface area contributed by atoms with E-state index in [0.717, 1.165) is 47.0 Å². The minimum absolute atomic E-state index is 0.222. The molecule has 1 saturated carbocycles. The zero-order chi connectivity index (χ0) is 31.9. The number of rotatable bonds is 6. The predicted octanol–water partition coefficient (Wildman–Crippen LogP) is 7.84. The summed E-state index contributed by atoms with van der Waals surface area (Å²) in [6, 6.07) is 17.3. The third-order valence-corrected chi connectivity index (χ3v) is 9.09. The Morgan fingerprint density at radius 1 is 1.04 bits per heavy atom. The molecule has 12 heteroatoms. The highest BCUT2D eigenvalue weighted by Crippen LogP contribution is 2.46. The molecule has 2 heterocycles. The lowest BCUT2D eigenvalue weighted by Crippen LogP contribution is -2.43. The fourth-order valence-corrected chi connectivity index (χ4v) is 7.05. The van der Waals surface area contributed by atoms with Gasteiger partial charge < -0.3 is 15.0 Å². The Labute approximate surface area is 263 Å². The Morgan fingerprint density at radius 2 is 1.71 bits per heavy atom. The number of nitrogens with zero attached hydrogens (tertiary/aromatic N) is 5. The van der Waals surface area contributed by atoms with Crippen LogP contribution in [0.5, 0.6) is 5.75 Å². The molecule has 1 N–H and O–H groups in total. The Morgan fingerprint density at radius 3 is 2.33 bits per heavy atom. The SMILES string of the molecule is Cc1cc(C)c(N2/C(=N/C(=O)NC3(c4ccc(-c5ncn(-c6ccc(OC(F)(F)F)cc6)n5)cc4)CC3)SCCC2C)c(C)c1. The van der Waals surface area contributed by atoms with E-state index in [1.165, 1.54) is 52.0 Å². The van der Waals surface area contributed by atoms with Crippen molar-refractivity contribution in [2.45, 2.75) is 64.9 Å². The summed E-state index contributed by atoms with van der Waals surface area (Å²) in [6.07, 6.45) is -0.624. The van der Waals surface area contributed by atoms with E-state index in [2.05, 4.69) is 69.9 Å². The van der Waals surface area contributed by atoms with E-state index in [4.69, 9.17) is 0 Å².